The Balaban J connectivity index is 2.85. The number of benzene rings is 1. The largest absolute Gasteiger partial charge is 0.493 e. The van der Waals surface area contributed by atoms with E-state index in [1.54, 1.807) is 12.1 Å². The van der Waals surface area contributed by atoms with Crippen LogP contribution in [0.5, 0.6) is 11.5 Å². The lowest BCUT2D eigenvalue weighted by molar-refractivity contribution is 0.105. The Labute approximate surface area is 100.0 Å². The predicted molar refractivity (Wildman–Crippen MR) is 65.5 cm³/mol. The van der Waals surface area contributed by atoms with Gasteiger partial charge in [-0.3, -0.25) is 0 Å². The maximum Gasteiger partial charge on any atom is 0.162 e. The first-order valence-corrected chi connectivity index (χ1v) is 5.16. The lowest BCUT2D eigenvalue weighted by Crippen LogP contribution is -2.23. The van der Waals surface area contributed by atoms with Gasteiger partial charge in [0.15, 0.2) is 11.5 Å². The number of methoxy groups -OCH3 is 2. The van der Waals surface area contributed by atoms with Gasteiger partial charge in [0.2, 0.25) is 0 Å². The van der Waals surface area contributed by atoms with Crippen LogP contribution < -0.4 is 20.5 Å². The van der Waals surface area contributed by atoms with E-state index < -0.39 is 6.10 Å². The molecule has 0 saturated heterocycles. The van der Waals surface area contributed by atoms with E-state index in [0.717, 1.165) is 0 Å². The van der Waals surface area contributed by atoms with E-state index in [1.807, 2.05) is 0 Å². The molecule has 0 bridgehead atoms. The molecule has 0 aliphatic heterocycles. The maximum absolute atomic E-state index is 9.23. The van der Waals surface area contributed by atoms with Crippen molar-refractivity contribution in [1.29, 1.82) is 0 Å². The van der Waals surface area contributed by atoms with Gasteiger partial charge in [-0.15, -0.1) is 0 Å². The fourth-order valence-electron chi connectivity index (χ4n) is 1.34. The molecule has 5 N–H and O–H groups in total. The van der Waals surface area contributed by atoms with Crippen molar-refractivity contribution in [3.8, 4) is 11.5 Å². The van der Waals surface area contributed by atoms with Gasteiger partial charge in [-0.2, -0.15) is 0 Å². The molecule has 6 heteroatoms. The third-order valence-corrected chi connectivity index (χ3v) is 2.29. The second-order valence-electron chi connectivity index (χ2n) is 3.51. The van der Waals surface area contributed by atoms with E-state index in [1.165, 1.54) is 14.2 Å². The van der Waals surface area contributed by atoms with Gasteiger partial charge in [0.1, 0.15) is 0 Å². The number of hydrogen-bond acceptors (Lipinski definition) is 6. The van der Waals surface area contributed by atoms with Crippen molar-refractivity contribution in [2.45, 2.75) is 6.10 Å². The van der Waals surface area contributed by atoms with Crippen LogP contribution in [0, 0.1) is 0 Å². The zero-order chi connectivity index (χ0) is 12.8. The van der Waals surface area contributed by atoms with Gasteiger partial charge in [-0.25, -0.2) is 0 Å². The zero-order valence-electron chi connectivity index (χ0n) is 9.93. The van der Waals surface area contributed by atoms with Crippen LogP contribution in [0.4, 0.5) is 11.4 Å². The smallest absolute Gasteiger partial charge is 0.162 e. The van der Waals surface area contributed by atoms with Crippen molar-refractivity contribution in [1.82, 2.24) is 0 Å². The van der Waals surface area contributed by atoms with Crippen molar-refractivity contribution >= 4 is 11.4 Å². The van der Waals surface area contributed by atoms with Crippen LogP contribution in [0.2, 0.25) is 0 Å². The van der Waals surface area contributed by atoms with Crippen LogP contribution >= 0.6 is 0 Å². The van der Waals surface area contributed by atoms with Crippen LogP contribution in [-0.2, 0) is 0 Å². The van der Waals surface area contributed by atoms with Gasteiger partial charge in [-0.1, -0.05) is 0 Å². The molecule has 0 saturated carbocycles. The van der Waals surface area contributed by atoms with Crippen LogP contribution in [0.3, 0.4) is 0 Å². The molecule has 0 spiro atoms. The van der Waals surface area contributed by atoms with Gasteiger partial charge in [0, 0.05) is 18.7 Å². The summed E-state index contributed by atoms with van der Waals surface area (Å²) in [6.45, 7) is -0.101. The molecule has 0 heterocycles. The minimum Gasteiger partial charge on any atom is -0.493 e. The first-order valence-electron chi connectivity index (χ1n) is 5.16. The summed E-state index contributed by atoms with van der Waals surface area (Å²) < 4.78 is 10.2. The summed E-state index contributed by atoms with van der Waals surface area (Å²) in [6, 6.07) is 3.31. The van der Waals surface area contributed by atoms with Crippen molar-refractivity contribution in [2.75, 3.05) is 38.4 Å². The molecule has 0 aliphatic carbocycles. The fraction of sp³-hybridized carbons (Fsp3) is 0.455. The normalized spacial score (nSPS) is 12.0. The first-order chi connectivity index (χ1) is 8.12. The Kier molecular flexibility index (Phi) is 4.86. The number of anilines is 2. The van der Waals surface area contributed by atoms with E-state index >= 15 is 0 Å². The highest BCUT2D eigenvalue weighted by molar-refractivity contribution is 5.72. The molecular formula is C11H18N2O4. The monoisotopic (exact) mass is 242 g/mol. The average molecular weight is 242 g/mol. The molecule has 6 nitrogen and oxygen atoms in total. The molecule has 1 atom stereocenters. The molecule has 0 amide bonds. The molecule has 0 fully saturated rings. The lowest BCUT2D eigenvalue weighted by atomic mass is 10.2. The molecule has 17 heavy (non-hydrogen) atoms. The second-order valence-corrected chi connectivity index (χ2v) is 3.51. The highest BCUT2D eigenvalue weighted by atomic mass is 16.5. The molecule has 1 aromatic rings. The maximum atomic E-state index is 9.23. The number of nitrogens with two attached hydrogens (primary N) is 1. The minimum atomic E-state index is -0.831. The highest BCUT2D eigenvalue weighted by Crippen LogP contribution is 2.34. The summed E-state index contributed by atoms with van der Waals surface area (Å²) >= 11 is 0. The van der Waals surface area contributed by atoms with Gasteiger partial charge in [-0.05, 0) is 0 Å². The van der Waals surface area contributed by atoms with Crippen LogP contribution in [-0.4, -0.2) is 43.7 Å². The summed E-state index contributed by atoms with van der Waals surface area (Å²) in [4.78, 5) is 0. The highest BCUT2D eigenvalue weighted by Gasteiger charge is 2.10. The number of ether oxygens (including phenoxy) is 2. The summed E-state index contributed by atoms with van der Waals surface area (Å²) in [7, 11) is 3.06. The van der Waals surface area contributed by atoms with E-state index in [0.29, 0.717) is 22.9 Å². The Morgan fingerprint density at radius 3 is 2.41 bits per heavy atom. The Morgan fingerprint density at radius 1 is 1.29 bits per heavy atom. The van der Waals surface area contributed by atoms with Gasteiger partial charge >= 0.3 is 0 Å². The zero-order valence-corrected chi connectivity index (χ0v) is 9.93. The molecule has 0 aromatic heterocycles. The van der Waals surface area contributed by atoms with Gasteiger partial charge in [0.25, 0.3) is 0 Å². The van der Waals surface area contributed by atoms with Gasteiger partial charge < -0.3 is 30.7 Å². The molecule has 1 rings (SSSR count). The molecule has 0 radical (unpaired) electrons. The second kappa shape index (κ2) is 6.17. The molecule has 1 unspecified atom stereocenters. The summed E-state index contributed by atoms with van der Waals surface area (Å²) in [5, 5.41) is 20.8. The van der Waals surface area contributed by atoms with Crippen LogP contribution in [0.1, 0.15) is 0 Å². The number of rotatable bonds is 6. The summed E-state index contributed by atoms with van der Waals surface area (Å²) in [5.41, 5.74) is 6.91. The lowest BCUT2D eigenvalue weighted by Gasteiger charge is -2.15. The summed E-state index contributed by atoms with van der Waals surface area (Å²) in [6.07, 6.45) is -0.831. The number of nitrogen functional groups attached to an aromatic ring is 1. The van der Waals surface area contributed by atoms with E-state index in [2.05, 4.69) is 5.32 Å². The fourth-order valence-corrected chi connectivity index (χ4v) is 1.34. The Bertz CT molecular complexity index is 371. The van der Waals surface area contributed by atoms with Crippen molar-refractivity contribution in [3.63, 3.8) is 0 Å². The van der Waals surface area contributed by atoms with Gasteiger partial charge in [0.05, 0.1) is 38.3 Å². The summed E-state index contributed by atoms with van der Waals surface area (Å²) in [5.74, 6) is 1.08. The third kappa shape index (κ3) is 3.40. The predicted octanol–water partition coefficient (Wildman–Crippen LogP) is 0.0511. The molecular weight excluding hydrogens is 224 g/mol. The van der Waals surface area contributed by atoms with E-state index in [9.17, 15) is 5.11 Å². The van der Waals surface area contributed by atoms with Crippen molar-refractivity contribution < 1.29 is 19.7 Å². The first kappa shape index (κ1) is 13.4. The average Bonchev–Trinajstić information content (AvgIpc) is 2.36. The molecule has 0 aliphatic rings. The number of aliphatic hydroxyl groups is 2. The van der Waals surface area contributed by atoms with Crippen LogP contribution in [0.25, 0.3) is 0 Å². The Morgan fingerprint density at radius 2 is 1.88 bits per heavy atom. The van der Waals surface area contributed by atoms with Crippen molar-refractivity contribution in [2.24, 2.45) is 0 Å². The molecule has 96 valence electrons. The third-order valence-electron chi connectivity index (χ3n) is 2.29. The van der Waals surface area contributed by atoms with E-state index in [-0.39, 0.29) is 13.2 Å². The van der Waals surface area contributed by atoms with Crippen LogP contribution in [0.15, 0.2) is 12.1 Å². The standard InChI is InChI=1S/C11H18N2O4/c1-16-10-3-8(12)9(4-11(10)17-2)13-5-7(15)6-14/h3-4,7,13-15H,5-6,12H2,1-2H3. The topological polar surface area (TPSA) is 97.0 Å². The Hall–Kier alpha value is -1.66. The number of aliphatic hydroxyl groups excluding tert-OH is 2. The SMILES string of the molecule is COc1cc(N)c(NCC(O)CO)cc1OC. The minimum absolute atomic E-state index is 0.205. The molecule has 1 aromatic carbocycles. The number of hydrogen-bond donors (Lipinski definition) is 4. The number of nitrogens with one attached hydrogen (secondary N) is 1. The van der Waals surface area contributed by atoms with Crippen molar-refractivity contribution in [3.05, 3.63) is 12.1 Å². The van der Waals surface area contributed by atoms with E-state index in [4.69, 9.17) is 20.3 Å². The quantitative estimate of drug-likeness (QED) is 0.526.